The maximum absolute atomic E-state index is 14.4. The molecule has 0 radical (unpaired) electrons. The molecule has 1 unspecified atom stereocenters. The van der Waals surface area contributed by atoms with Crippen molar-refractivity contribution in [2.24, 2.45) is 5.41 Å². The molecular weight excluding hydrogens is 811 g/mol. The molecule has 0 aliphatic heterocycles. The van der Waals surface area contributed by atoms with E-state index in [1.807, 2.05) is 0 Å². The molecule has 18 heteroatoms. The number of amides is 4. The van der Waals surface area contributed by atoms with Gasteiger partial charge >= 0.3 is 18.0 Å². The molecule has 5 N–H and O–H groups in total. The molecule has 2 rings (SSSR count). The third-order valence-electron chi connectivity index (χ3n) is 9.60. The summed E-state index contributed by atoms with van der Waals surface area (Å²) in [6.45, 7) is 18.6. The van der Waals surface area contributed by atoms with Gasteiger partial charge in [-0.1, -0.05) is 44.6 Å². The van der Waals surface area contributed by atoms with E-state index in [4.69, 9.17) is 14.2 Å². The second-order valence-corrected chi connectivity index (χ2v) is 26.5. The van der Waals surface area contributed by atoms with E-state index in [1.54, 1.807) is 65.8 Å². The molecule has 4 amide bonds. The number of unbranched alkanes of at least 4 members (excludes halogenated alkanes) is 1. The lowest BCUT2D eigenvalue weighted by molar-refractivity contribution is -0.159. The number of hydrogen-bond donors (Lipinski definition) is 5. The Morgan fingerprint density at radius 3 is 2.02 bits per heavy atom. The largest absolute Gasteiger partial charge is 0.464 e. The third kappa shape index (κ3) is 20.9. The number of ether oxygens (including phenoxy) is 3. The Kier molecular flexibility index (Phi) is 19.6. The van der Waals surface area contributed by atoms with Gasteiger partial charge in [0, 0.05) is 39.1 Å². The van der Waals surface area contributed by atoms with Crippen molar-refractivity contribution < 1.29 is 51.4 Å². The topological polar surface area (TPSA) is 224 Å². The Labute approximate surface area is 358 Å². The highest BCUT2D eigenvalue weighted by Crippen LogP contribution is 2.43. The van der Waals surface area contributed by atoms with Crippen LogP contribution in [0.2, 0.25) is 25.7 Å². The quantitative estimate of drug-likeness (QED) is 0.0433. The Hall–Kier alpha value is -4.19. The Morgan fingerprint density at radius 1 is 0.817 bits per heavy atom. The molecule has 1 aromatic rings. The number of benzene rings is 1. The number of alkyl carbamates (subject to hydrolysis) is 1. The summed E-state index contributed by atoms with van der Waals surface area (Å²) in [4.78, 5) is 79.7. The van der Waals surface area contributed by atoms with Gasteiger partial charge in [0.2, 0.25) is 27.7 Å². The van der Waals surface area contributed by atoms with Crippen molar-refractivity contribution in [3.8, 4) is 0 Å². The average molecular weight is 882 g/mol. The summed E-state index contributed by atoms with van der Waals surface area (Å²) < 4.78 is 42.9. The smallest absolute Gasteiger partial charge is 0.407 e. The fraction of sp³-hybridized carbons (Fsp3) is 0.714. The van der Waals surface area contributed by atoms with Gasteiger partial charge in [-0.3, -0.25) is 19.1 Å². The monoisotopic (exact) mass is 881 g/mol. The van der Waals surface area contributed by atoms with E-state index >= 15 is 0 Å². The number of carbonyl (C=O) groups excluding carboxylic acids is 6. The van der Waals surface area contributed by atoms with Gasteiger partial charge in [-0.05, 0) is 110 Å². The van der Waals surface area contributed by atoms with Crippen molar-refractivity contribution in [2.75, 3.05) is 24.1 Å². The normalized spacial score (nSPS) is 15.7. The number of anilines is 1. The molecular formula is C42H71N5O11SSi. The van der Waals surface area contributed by atoms with Crippen LogP contribution in [-0.4, -0.2) is 101 Å². The predicted octanol–water partition coefficient (Wildman–Crippen LogP) is 5.33. The molecule has 1 fully saturated rings. The van der Waals surface area contributed by atoms with Gasteiger partial charge in [0.25, 0.3) is 0 Å². The van der Waals surface area contributed by atoms with Gasteiger partial charge in [0.05, 0.1) is 12.9 Å². The van der Waals surface area contributed by atoms with Gasteiger partial charge < -0.3 is 35.5 Å². The molecule has 60 heavy (non-hydrogen) atoms. The molecule has 1 aromatic carbocycles. The van der Waals surface area contributed by atoms with Crippen LogP contribution in [0.5, 0.6) is 0 Å². The molecule has 0 saturated heterocycles. The molecule has 1 aliphatic rings. The van der Waals surface area contributed by atoms with Crippen LogP contribution >= 0.6 is 0 Å². The van der Waals surface area contributed by atoms with Crippen LogP contribution in [0.1, 0.15) is 112 Å². The molecule has 1 saturated carbocycles. The van der Waals surface area contributed by atoms with E-state index in [0.29, 0.717) is 49.5 Å². The summed E-state index contributed by atoms with van der Waals surface area (Å²) >= 11 is 0. The van der Waals surface area contributed by atoms with Crippen molar-refractivity contribution in [1.82, 2.24) is 21.3 Å². The van der Waals surface area contributed by atoms with E-state index in [2.05, 4.69) is 45.6 Å². The number of sulfonamides is 1. The van der Waals surface area contributed by atoms with E-state index in [9.17, 15) is 37.2 Å². The van der Waals surface area contributed by atoms with Crippen molar-refractivity contribution in [3.05, 3.63) is 29.8 Å². The molecule has 0 spiro atoms. The summed E-state index contributed by atoms with van der Waals surface area (Å²) in [6, 6.07) is 4.00. The second kappa shape index (κ2) is 22.6. The molecule has 16 nitrogen and oxygen atoms in total. The van der Waals surface area contributed by atoms with Crippen LogP contribution in [0.25, 0.3) is 0 Å². The number of esters is 2. The fourth-order valence-electron chi connectivity index (χ4n) is 6.72. The number of hydrogen-bond acceptors (Lipinski definition) is 11. The lowest BCUT2D eigenvalue weighted by atomic mass is 9.79. The first kappa shape index (κ1) is 51.9. The third-order valence-corrected chi connectivity index (χ3v) is 11.9. The number of carbonyl (C=O) groups is 6. The van der Waals surface area contributed by atoms with Crippen molar-refractivity contribution >= 4 is 59.5 Å². The fourth-order valence-corrected chi connectivity index (χ4v) is 7.99. The Balaban J connectivity index is 2.32. The highest BCUT2D eigenvalue weighted by molar-refractivity contribution is 7.92. The average Bonchev–Trinajstić information content (AvgIpc) is 3.56. The second-order valence-electron chi connectivity index (χ2n) is 19.1. The van der Waals surface area contributed by atoms with Gasteiger partial charge in [0.15, 0.2) is 0 Å². The first-order valence-electron chi connectivity index (χ1n) is 20.9. The van der Waals surface area contributed by atoms with Gasteiger partial charge in [-0.25, -0.2) is 22.8 Å². The molecule has 3 atom stereocenters. The first-order valence-corrected chi connectivity index (χ1v) is 26.5. The van der Waals surface area contributed by atoms with Crippen LogP contribution in [0.15, 0.2) is 24.3 Å². The summed E-state index contributed by atoms with van der Waals surface area (Å²) in [5.41, 5.74) is -1.61. The van der Waals surface area contributed by atoms with Crippen LogP contribution in [0, 0.1) is 5.41 Å². The maximum atomic E-state index is 14.4. The summed E-state index contributed by atoms with van der Waals surface area (Å²) in [7, 11) is -5.15. The summed E-state index contributed by atoms with van der Waals surface area (Å²) in [5, 5.41) is 11.1. The molecule has 1 aliphatic carbocycles. The molecule has 0 heterocycles. The molecule has 340 valence electrons. The Morgan fingerprint density at radius 2 is 1.45 bits per heavy atom. The zero-order chi connectivity index (χ0) is 45.5. The van der Waals surface area contributed by atoms with Crippen LogP contribution in [0.4, 0.5) is 10.5 Å². The van der Waals surface area contributed by atoms with E-state index in [1.165, 1.54) is 6.92 Å². The van der Waals surface area contributed by atoms with Crippen LogP contribution < -0.4 is 26.0 Å². The number of nitrogens with one attached hydrogen (secondary N) is 5. The predicted molar refractivity (Wildman–Crippen MR) is 233 cm³/mol. The first-order chi connectivity index (χ1) is 27.6. The highest BCUT2D eigenvalue weighted by atomic mass is 32.2. The zero-order valence-electron chi connectivity index (χ0n) is 37.6. The lowest BCUT2D eigenvalue weighted by Crippen LogP contribution is -2.53. The van der Waals surface area contributed by atoms with Crippen LogP contribution in [-0.2, 0) is 54.6 Å². The van der Waals surface area contributed by atoms with E-state index in [-0.39, 0.29) is 32.3 Å². The van der Waals surface area contributed by atoms with Crippen molar-refractivity contribution in [3.63, 3.8) is 0 Å². The minimum atomic E-state index is -3.57. The maximum Gasteiger partial charge on any atom is 0.407 e. The van der Waals surface area contributed by atoms with Gasteiger partial charge in [-0.2, -0.15) is 0 Å². The van der Waals surface area contributed by atoms with Gasteiger partial charge in [-0.15, -0.1) is 0 Å². The SMILES string of the molecule is CC(=O)N[C@@H](CCCCNC(=O)OC(C)(C)C)C(=O)NC(CCC1(C(=O)N[C@@H](Cc2cccc(NS(C)(=O)=O)c2)C(=O)OC(C)(C)C)CCCC1)C(=O)OCC[Si](C)(C)C. The Bertz CT molecular complexity index is 1750. The zero-order valence-corrected chi connectivity index (χ0v) is 39.4. The van der Waals surface area contributed by atoms with E-state index in [0.717, 1.165) is 19.1 Å². The minimum absolute atomic E-state index is 0.0136. The number of rotatable bonds is 22. The molecule has 0 aromatic heterocycles. The highest BCUT2D eigenvalue weighted by Gasteiger charge is 2.44. The van der Waals surface area contributed by atoms with Crippen molar-refractivity contribution in [2.45, 2.75) is 168 Å². The van der Waals surface area contributed by atoms with E-state index < -0.39 is 88.6 Å². The lowest BCUT2D eigenvalue weighted by Gasteiger charge is -2.32. The summed E-state index contributed by atoms with van der Waals surface area (Å²) in [6.07, 6.45) is 4.32. The van der Waals surface area contributed by atoms with Crippen LogP contribution in [0.3, 0.4) is 0 Å². The standard InChI is InChI=1S/C42H71N5O11SSi/c1-29(48)44-32(19-12-15-24-43-39(53)58-41(5,6)7)35(49)45-33(36(50)56-25-26-60(9,10)11)20-23-42(21-13-14-22-42)38(52)46-34(37(51)57-40(2,3)4)28-30-17-16-18-31(27-30)47-59(8,54)55/h16-18,27,32-34,47H,12-15,19-26,28H2,1-11H3,(H,43,53)(H,44,48)(H,45,49)(H,46,52)/t32-,33?,34-/m0/s1. The van der Waals surface area contributed by atoms with Crippen molar-refractivity contribution in [1.29, 1.82) is 0 Å². The molecule has 0 bridgehead atoms. The minimum Gasteiger partial charge on any atom is -0.464 e. The van der Waals surface area contributed by atoms with Gasteiger partial charge in [0.1, 0.15) is 29.3 Å². The summed E-state index contributed by atoms with van der Waals surface area (Å²) in [5.74, 6) is -2.72.